The Balaban J connectivity index is 0. The molecule has 0 fully saturated rings. The summed E-state index contributed by atoms with van der Waals surface area (Å²) in [6.07, 6.45) is 0. The van der Waals surface area contributed by atoms with Crippen molar-refractivity contribution in [3.8, 4) is 0 Å². The zero-order chi connectivity index (χ0) is 0. The molecule has 0 spiro atoms. The largest absolute Gasteiger partial charge is 0.412 e. The molecule has 0 unspecified atom stereocenters. The molecule has 0 bridgehead atoms. The van der Waals surface area contributed by atoms with Gasteiger partial charge in [-0.1, -0.05) is 0 Å². The van der Waals surface area contributed by atoms with Crippen molar-refractivity contribution in [2.75, 3.05) is 0 Å². The monoisotopic (exact) mass is 270 g/mol. The van der Waals surface area contributed by atoms with Crippen LogP contribution in [0, 0.1) is 0 Å². The second kappa shape index (κ2) is 275. The molecule has 0 radical (unpaired) electrons. The molecule has 0 atom stereocenters. The van der Waals surface area contributed by atoms with Gasteiger partial charge in [-0.2, -0.15) is 0 Å². The van der Waals surface area contributed by atoms with Crippen molar-refractivity contribution in [2.24, 2.45) is 0 Å². The van der Waals surface area contributed by atoms with Gasteiger partial charge < -0.3 is 27.4 Å². The van der Waals surface area contributed by atoms with E-state index in [1.807, 2.05) is 0 Å². The molecule has 0 saturated carbocycles. The average molecular weight is 269 g/mol. The third-order valence-electron chi connectivity index (χ3n) is 0. The molecule has 0 aromatic heterocycles. The minimum Gasteiger partial charge on any atom is -0.412 e. The maximum Gasteiger partial charge on any atom is 0 e. The van der Waals surface area contributed by atoms with Crippen molar-refractivity contribution in [1.29, 1.82) is 0 Å². The fourth-order valence-corrected chi connectivity index (χ4v) is 0. The summed E-state index contributed by atoms with van der Waals surface area (Å²) < 4.78 is 0. The van der Waals surface area contributed by atoms with E-state index in [4.69, 9.17) is 0 Å². The van der Waals surface area contributed by atoms with Crippen molar-refractivity contribution in [1.82, 2.24) is 0 Å². The zero-order valence-electron chi connectivity index (χ0n) is 3.00. The van der Waals surface area contributed by atoms with E-state index < -0.39 is 0 Å². The van der Waals surface area contributed by atoms with Crippen LogP contribution in [0.15, 0.2) is 0 Å². The molecule has 0 saturated heterocycles. The van der Waals surface area contributed by atoms with Gasteiger partial charge in [0.15, 0.2) is 0 Å². The van der Waals surface area contributed by atoms with Crippen LogP contribution >= 0.6 is 0 Å². The first kappa shape index (κ1) is 478. The fourth-order valence-electron chi connectivity index (χ4n) is 0. The van der Waals surface area contributed by atoms with E-state index in [1.165, 1.54) is 0 Å². The zero-order valence-corrected chi connectivity index (χ0v) is 6.59. The predicted molar refractivity (Wildman–Crippen MR) is 18.1 cm³/mol. The summed E-state index contributed by atoms with van der Waals surface area (Å²) in [4.78, 5) is 0. The summed E-state index contributed by atoms with van der Waals surface area (Å²) in [5.41, 5.74) is 0. The van der Waals surface area contributed by atoms with Crippen LogP contribution in [0.4, 0.5) is 0 Å². The third kappa shape index (κ3) is 140. The van der Waals surface area contributed by atoms with Crippen LogP contribution in [0.2, 0.25) is 0 Å². The smallest absolute Gasteiger partial charge is 0 e. The third-order valence-corrected chi connectivity index (χ3v) is 0. The Kier molecular flexibility index (Phi) is 21900. The van der Waals surface area contributed by atoms with Gasteiger partial charge >= 0.3 is 0 Å². The van der Waals surface area contributed by atoms with E-state index in [1.54, 1.807) is 0 Å². The van der Waals surface area contributed by atoms with Crippen LogP contribution in [-0.2, 0) is 25.8 Å². The van der Waals surface area contributed by atoms with Crippen LogP contribution in [0.25, 0.3) is 0 Å². The maximum absolute atomic E-state index is 0. The first-order chi connectivity index (χ1) is 0. The Bertz CT molecular complexity index is 3.90. The number of hydrogen-bond donors (Lipinski definition) is 0. The molecule has 0 aromatic carbocycles. The molecule has 6 heteroatoms. The van der Waals surface area contributed by atoms with Crippen LogP contribution < -0.4 is 0 Å². The second-order valence-electron chi connectivity index (χ2n) is 0. The Morgan fingerprint density at radius 3 is 0.333 bits per heavy atom. The molecule has 0 aromatic rings. The average Bonchev–Trinajstić information content (AvgIpc) is 0. The molecule has 6 heavy (non-hydrogen) atoms. The van der Waals surface area contributed by atoms with Crippen LogP contribution in [-0.4, -0.2) is 27.4 Å². The molecular weight excluding hydrogens is 258 g/mol. The Hall–Kier alpha value is 0.670. The molecule has 0 aliphatic carbocycles. The molecular formula is H10HfO5. The molecule has 0 aliphatic heterocycles. The molecule has 0 aliphatic rings. The van der Waals surface area contributed by atoms with E-state index in [2.05, 4.69) is 0 Å². The summed E-state index contributed by atoms with van der Waals surface area (Å²) in [6, 6.07) is 0. The SMILES string of the molecule is O.O.O.O.O.[Hf]. The van der Waals surface area contributed by atoms with Gasteiger partial charge in [-0.15, -0.1) is 0 Å². The van der Waals surface area contributed by atoms with Gasteiger partial charge in [-0.3, -0.25) is 0 Å². The minimum absolute atomic E-state index is 0. The normalized spacial score (nSPS) is 0. The first-order valence-corrected chi connectivity index (χ1v) is 0. The summed E-state index contributed by atoms with van der Waals surface area (Å²) in [5.74, 6) is 0. The van der Waals surface area contributed by atoms with Crippen LogP contribution in [0.1, 0.15) is 0 Å². The first-order valence-electron chi connectivity index (χ1n) is 0. The van der Waals surface area contributed by atoms with E-state index in [9.17, 15) is 0 Å². The molecule has 0 amide bonds. The van der Waals surface area contributed by atoms with Gasteiger partial charge in [0.2, 0.25) is 0 Å². The van der Waals surface area contributed by atoms with Gasteiger partial charge in [0.1, 0.15) is 0 Å². The second-order valence-corrected chi connectivity index (χ2v) is 0. The summed E-state index contributed by atoms with van der Waals surface area (Å²) in [7, 11) is 0. The topological polar surface area (TPSA) is 158 Å². The fraction of sp³-hybridized carbons (Fsp3) is 0. The van der Waals surface area contributed by atoms with Crippen molar-refractivity contribution in [2.45, 2.75) is 0 Å². The van der Waals surface area contributed by atoms with Gasteiger partial charge in [-0.25, -0.2) is 0 Å². The van der Waals surface area contributed by atoms with Crippen molar-refractivity contribution in [3.05, 3.63) is 0 Å². The molecule has 44 valence electrons. The van der Waals surface area contributed by atoms with E-state index >= 15 is 0 Å². The Morgan fingerprint density at radius 1 is 0.333 bits per heavy atom. The van der Waals surface area contributed by atoms with Crippen molar-refractivity contribution in [3.63, 3.8) is 0 Å². The summed E-state index contributed by atoms with van der Waals surface area (Å²) in [5, 5.41) is 0. The van der Waals surface area contributed by atoms with Gasteiger partial charge in [0, 0.05) is 25.8 Å². The summed E-state index contributed by atoms with van der Waals surface area (Å²) in [6.45, 7) is 0. The number of hydrogen-bond acceptors (Lipinski definition) is 0. The van der Waals surface area contributed by atoms with Gasteiger partial charge in [0.25, 0.3) is 0 Å². The van der Waals surface area contributed by atoms with Crippen molar-refractivity contribution < 1.29 is 53.2 Å². The maximum atomic E-state index is 0. The van der Waals surface area contributed by atoms with Crippen LogP contribution in [0.5, 0.6) is 0 Å². The minimum atomic E-state index is 0. The van der Waals surface area contributed by atoms with Gasteiger partial charge in [0.05, 0.1) is 0 Å². The quantitative estimate of drug-likeness (QED) is 0.391. The van der Waals surface area contributed by atoms with E-state index in [0.29, 0.717) is 0 Å². The molecule has 10 N–H and O–H groups in total. The Labute approximate surface area is 53.7 Å². The van der Waals surface area contributed by atoms with E-state index in [0.717, 1.165) is 0 Å². The summed E-state index contributed by atoms with van der Waals surface area (Å²) >= 11 is 0. The predicted octanol–water partition coefficient (Wildman–Crippen LogP) is -4.13. The standard InChI is InChI=1S/Hf.5H2O/h;5*1H2. The molecule has 0 heterocycles. The van der Waals surface area contributed by atoms with Crippen LogP contribution in [0.3, 0.4) is 0 Å². The van der Waals surface area contributed by atoms with Crippen molar-refractivity contribution >= 4 is 0 Å². The molecule has 5 nitrogen and oxygen atoms in total. The molecule has 0 rings (SSSR count). The number of rotatable bonds is 0. The van der Waals surface area contributed by atoms with E-state index in [-0.39, 0.29) is 53.2 Å². The Morgan fingerprint density at radius 2 is 0.333 bits per heavy atom. The van der Waals surface area contributed by atoms with Gasteiger partial charge in [-0.05, 0) is 0 Å².